The Balaban J connectivity index is 1.33. The highest BCUT2D eigenvalue weighted by molar-refractivity contribution is 5.92. The summed E-state index contributed by atoms with van der Waals surface area (Å²) < 4.78 is 29.8. The number of halogens is 1. The molecule has 1 atom stereocenters. The average Bonchev–Trinajstić information content (AvgIpc) is 3.55. The van der Waals surface area contributed by atoms with Crippen LogP contribution in [-0.2, 0) is 6.42 Å². The van der Waals surface area contributed by atoms with Crippen molar-refractivity contribution in [1.82, 2.24) is 15.0 Å². The first-order valence-corrected chi connectivity index (χ1v) is 11.2. The van der Waals surface area contributed by atoms with E-state index in [2.05, 4.69) is 10.1 Å². The number of likely N-dealkylation sites (tertiary alicyclic amines) is 1. The van der Waals surface area contributed by atoms with E-state index in [1.54, 1.807) is 36.4 Å². The molecule has 4 aromatic rings. The van der Waals surface area contributed by atoms with Gasteiger partial charge in [0.2, 0.25) is 11.7 Å². The lowest BCUT2D eigenvalue weighted by Gasteiger charge is -2.32. The third-order valence-electron chi connectivity index (χ3n) is 6.02. The molecule has 0 unspecified atom stereocenters. The Labute approximate surface area is 196 Å². The van der Waals surface area contributed by atoms with Crippen molar-refractivity contribution >= 4 is 5.91 Å². The number of aromatic nitrogens is 2. The van der Waals surface area contributed by atoms with Gasteiger partial charge in [-0.3, -0.25) is 4.79 Å². The molecule has 174 valence electrons. The minimum Gasteiger partial charge on any atom is -0.497 e. The van der Waals surface area contributed by atoms with Crippen molar-refractivity contribution in [2.24, 2.45) is 0 Å². The maximum Gasteiger partial charge on any atom is 0.293 e. The number of methoxy groups -OCH3 is 1. The zero-order valence-electron chi connectivity index (χ0n) is 18.7. The smallest absolute Gasteiger partial charge is 0.293 e. The second-order valence-corrected chi connectivity index (χ2v) is 8.28. The van der Waals surface area contributed by atoms with Crippen molar-refractivity contribution in [2.75, 3.05) is 13.7 Å². The van der Waals surface area contributed by atoms with Gasteiger partial charge in [-0.15, -0.1) is 0 Å². The van der Waals surface area contributed by atoms with Crippen LogP contribution in [0.5, 0.6) is 5.75 Å². The van der Waals surface area contributed by atoms with Gasteiger partial charge in [-0.05, 0) is 61.2 Å². The number of benzene rings is 2. The summed E-state index contributed by atoms with van der Waals surface area (Å²) in [5, 5.41) is 4.08. The fourth-order valence-corrected chi connectivity index (χ4v) is 4.21. The largest absolute Gasteiger partial charge is 0.497 e. The van der Waals surface area contributed by atoms with E-state index < -0.39 is 0 Å². The monoisotopic (exact) mass is 461 g/mol. The molecule has 7 nitrogen and oxygen atoms in total. The predicted molar refractivity (Wildman–Crippen MR) is 122 cm³/mol. The van der Waals surface area contributed by atoms with Crippen molar-refractivity contribution in [3.63, 3.8) is 0 Å². The molecule has 0 bridgehead atoms. The Bertz CT molecular complexity index is 1260. The van der Waals surface area contributed by atoms with Crippen LogP contribution in [0.2, 0.25) is 0 Å². The van der Waals surface area contributed by atoms with Crippen LogP contribution in [0, 0.1) is 5.82 Å². The molecule has 0 aliphatic carbocycles. The molecule has 34 heavy (non-hydrogen) atoms. The normalized spacial score (nSPS) is 15.9. The van der Waals surface area contributed by atoms with Gasteiger partial charge in [-0.1, -0.05) is 17.3 Å². The van der Waals surface area contributed by atoms with E-state index in [0.29, 0.717) is 30.3 Å². The van der Waals surface area contributed by atoms with E-state index >= 15 is 0 Å². The minimum atomic E-state index is -0.280. The summed E-state index contributed by atoms with van der Waals surface area (Å²) in [7, 11) is 1.61. The fourth-order valence-electron chi connectivity index (χ4n) is 4.21. The lowest BCUT2D eigenvalue weighted by atomic mass is 10.0. The summed E-state index contributed by atoms with van der Waals surface area (Å²) in [6, 6.07) is 15.1. The molecule has 0 radical (unpaired) electrons. The molecule has 2 aromatic heterocycles. The van der Waals surface area contributed by atoms with Crippen LogP contribution in [0.3, 0.4) is 0 Å². The summed E-state index contributed by atoms with van der Waals surface area (Å²) in [6.45, 7) is 0.581. The van der Waals surface area contributed by atoms with Gasteiger partial charge in [0.25, 0.3) is 5.91 Å². The van der Waals surface area contributed by atoms with Crippen molar-refractivity contribution in [3.05, 3.63) is 89.6 Å². The molecule has 1 saturated heterocycles. The van der Waals surface area contributed by atoms with Gasteiger partial charge in [0.1, 0.15) is 29.1 Å². The van der Waals surface area contributed by atoms with Crippen molar-refractivity contribution in [1.29, 1.82) is 0 Å². The number of hydrogen-bond acceptors (Lipinski definition) is 6. The highest BCUT2D eigenvalue weighted by Crippen LogP contribution is 2.33. The highest BCUT2D eigenvalue weighted by atomic mass is 19.1. The van der Waals surface area contributed by atoms with E-state index in [-0.39, 0.29) is 23.5 Å². The van der Waals surface area contributed by atoms with Crippen LogP contribution in [0.4, 0.5) is 4.39 Å². The number of hydrogen-bond donors (Lipinski definition) is 0. The molecule has 1 fully saturated rings. The standard InChI is InChI=1S/C26H24FN3O4/c1-32-20-11-7-18(8-12-20)22-15-24(34-29-22)26(31)30-13-3-2-4-23(30)25-28-16-21(33-25)14-17-5-9-19(27)10-6-17/h5-12,15-16,23H,2-4,13-14H2,1H3/t23-/m0/s1. The van der Waals surface area contributed by atoms with Gasteiger partial charge in [0.15, 0.2) is 0 Å². The Morgan fingerprint density at radius 2 is 1.94 bits per heavy atom. The predicted octanol–water partition coefficient (Wildman–Crippen LogP) is 5.44. The van der Waals surface area contributed by atoms with Gasteiger partial charge in [-0.25, -0.2) is 9.37 Å². The molecular weight excluding hydrogens is 437 g/mol. The van der Waals surface area contributed by atoms with Crippen LogP contribution < -0.4 is 4.74 Å². The molecule has 1 aliphatic rings. The number of rotatable bonds is 6. The minimum absolute atomic E-state index is 0.177. The van der Waals surface area contributed by atoms with Crippen LogP contribution in [0.25, 0.3) is 11.3 Å². The third-order valence-corrected chi connectivity index (χ3v) is 6.02. The van der Waals surface area contributed by atoms with E-state index in [9.17, 15) is 9.18 Å². The maximum absolute atomic E-state index is 13.3. The summed E-state index contributed by atoms with van der Waals surface area (Å²) in [5.41, 5.74) is 2.34. The van der Waals surface area contributed by atoms with E-state index in [0.717, 1.165) is 36.1 Å². The second kappa shape index (κ2) is 9.51. The average molecular weight is 461 g/mol. The SMILES string of the molecule is COc1ccc(-c2cc(C(=O)N3CCCC[C@H]3c3ncc(Cc4ccc(F)cc4)o3)on2)cc1. The quantitative estimate of drug-likeness (QED) is 0.381. The molecule has 0 N–H and O–H groups in total. The molecule has 1 aliphatic heterocycles. The van der Waals surface area contributed by atoms with Gasteiger partial charge in [0, 0.05) is 24.6 Å². The maximum atomic E-state index is 13.3. The Morgan fingerprint density at radius 1 is 1.15 bits per heavy atom. The summed E-state index contributed by atoms with van der Waals surface area (Å²) in [5.74, 6) is 1.57. The van der Waals surface area contributed by atoms with Crippen LogP contribution in [-0.4, -0.2) is 34.6 Å². The number of carbonyl (C=O) groups is 1. The number of amides is 1. The molecule has 8 heteroatoms. The lowest BCUT2D eigenvalue weighted by molar-refractivity contribution is 0.0528. The van der Waals surface area contributed by atoms with Crippen molar-refractivity contribution < 1.29 is 22.9 Å². The molecule has 2 aromatic carbocycles. The van der Waals surface area contributed by atoms with Gasteiger partial charge in [0.05, 0.1) is 13.3 Å². The Kier molecular flexibility index (Phi) is 6.12. The van der Waals surface area contributed by atoms with Crippen LogP contribution >= 0.6 is 0 Å². The lowest BCUT2D eigenvalue weighted by Crippen LogP contribution is -2.38. The third kappa shape index (κ3) is 4.57. The van der Waals surface area contributed by atoms with Gasteiger partial charge in [-0.2, -0.15) is 0 Å². The number of ether oxygens (including phenoxy) is 1. The second-order valence-electron chi connectivity index (χ2n) is 8.28. The van der Waals surface area contributed by atoms with Gasteiger partial charge < -0.3 is 18.6 Å². The van der Waals surface area contributed by atoms with E-state index in [1.807, 2.05) is 24.3 Å². The summed E-state index contributed by atoms with van der Waals surface area (Å²) >= 11 is 0. The van der Waals surface area contributed by atoms with E-state index in [4.69, 9.17) is 13.7 Å². The zero-order chi connectivity index (χ0) is 23.5. The first kappa shape index (κ1) is 21.9. The van der Waals surface area contributed by atoms with Gasteiger partial charge >= 0.3 is 0 Å². The first-order chi connectivity index (χ1) is 16.6. The van der Waals surface area contributed by atoms with Crippen molar-refractivity contribution in [2.45, 2.75) is 31.7 Å². The molecule has 5 rings (SSSR count). The van der Waals surface area contributed by atoms with Crippen molar-refractivity contribution in [3.8, 4) is 17.0 Å². The summed E-state index contributed by atoms with van der Waals surface area (Å²) in [6.07, 6.45) is 4.79. The number of piperidine rings is 1. The van der Waals surface area contributed by atoms with Crippen LogP contribution in [0.1, 0.15) is 53.1 Å². The number of oxazole rings is 1. The molecule has 0 spiro atoms. The number of nitrogens with zero attached hydrogens (tertiary/aromatic N) is 3. The molecule has 1 amide bonds. The molecule has 3 heterocycles. The molecular formula is C26H24FN3O4. The zero-order valence-corrected chi connectivity index (χ0v) is 18.7. The first-order valence-electron chi connectivity index (χ1n) is 11.2. The highest BCUT2D eigenvalue weighted by Gasteiger charge is 2.33. The Hall–Kier alpha value is -3.94. The summed E-state index contributed by atoms with van der Waals surface area (Å²) in [4.78, 5) is 19.5. The number of carbonyl (C=O) groups excluding carboxylic acids is 1. The Morgan fingerprint density at radius 3 is 2.71 bits per heavy atom. The molecule has 0 saturated carbocycles. The topological polar surface area (TPSA) is 81.6 Å². The fraction of sp³-hybridized carbons (Fsp3) is 0.269. The van der Waals surface area contributed by atoms with E-state index in [1.165, 1.54) is 12.1 Å². The van der Waals surface area contributed by atoms with Crippen LogP contribution in [0.15, 0.2) is 69.7 Å².